The molecule has 23 heavy (non-hydrogen) atoms. The van der Waals surface area contributed by atoms with Crippen LogP contribution < -0.4 is 10.6 Å². The van der Waals surface area contributed by atoms with Gasteiger partial charge in [0.05, 0.1) is 17.9 Å². The highest BCUT2D eigenvalue weighted by atomic mass is 32.1. The molecular formula is C15H15N5O2S. The van der Waals surface area contributed by atoms with Gasteiger partial charge in [-0.2, -0.15) is 0 Å². The van der Waals surface area contributed by atoms with Crippen LogP contribution >= 0.6 is 11.3 Å². The number of thiazole rings is 1. The molecule has 7 nitrogen and oxygen atoms in total. The van der Waals surface area contributed by atoms with Crippen molar-refractivity contribution in [3.63, 3.8) is 0 Å². The number of oxazole rings is 1. The summed E-state index contributed by atoms with van der Waals surface area (Å²) < 4.78 is 5.40. The molecule has 0 saturated heterocycles. The summed E-state index contributed by atoms with van der Waals surface area (Å²) in [6, 6.07) is 3.40. The van der Waals surface area contributed by atoms with Crippen molar-refractivity contribution >= 4 is 22.5 Å². The quantitative estimate of drug-likeness (QED) is 0.767. The van der Waals surface area contributed by atoms with Crippen molar-refractivity contribution in [2.45, 2.75) is 20.4 Å². The second kappa shape index (κ2) is 6.57. The minimum absolute atomic E-state index is 0.224. The largest absolute Gasteiger partial charge is 0.444 e. The zero-order valence-electron chi connectivity index (χ0n) is 12.7. The van der Waals surface area contributed by atoms with Gasteiger partial charge in [-0.15, -0.1) is 11.3 Å². The summed E-state index contributed by atoms with van der Waals surface area (Å²) >= 11 is 1.35. The molecule has 0 aliphatic carbocycles. The number of carbonyl (C=O) groups is 1. The van der Waals surface area contributed by atoms with E-state index >= 15 is 0 Å². The van der Waals surface area contributed by atoms with Crippen LogP contribution in [0.5, 0.6) is 0 Å². The Morgan fingerprint density at radius 3 is 2.91 bits per heavy atom. The maximum Gasteiger partial charge on any atom is 0.321 e. The molecule has 2 N–H and O–H groups in total. The van der Waals surface area contributed by atoms with Gasteiger partial charge in [-0.3, -0.25) is 10.3 Å². The number of nitrogens with zero attached hydrogens (tertiary/aromatic N) is 3. The van der Waals surface area contributed by atoms with E-state index in [2.05, 4.69) is 25.6 Å². The van der Waals surface area contributed by atoms with Crippen molar-refractivity contribution in [2.75, 3.05) is 5.32 Å². The van der Waals surface area contributed by atoms with Gasteiger partial charge in [0.1, 0.15) is 5.76 Å². The van der Waals surface area contributed by atoms with Crippen LogP contribution in [0, 0.1) is 13.8 Å². The monoisotopic (exact) mass is 329 g/mol. The molecule has 3 aromatic rings. The van der Waals surface area contributed by atoms with Crippen LogP contribution in [-0.4, -0.2) is 21.0 Å². The van der Waals surface area contributed by atoms with Gasteiger partial charge in [0.25, 0.3) is 0 Å². The lowest BCUT2D eigenvalue weighted by atomic mass is 10.2. The zero-order valence-corrected chi connectivity index (χ0v) is 13.5. The molecule has 0 unspecified atom stereocenters. The molecule has 0 aliphatic rings. The molecule has 0 aliphatic heterocycles. The van der Waals surface area contributed by atoms with E-state index in [9.17, 15) is 4.79 Å². The first kappa shape index (κ1) is 15.2. The number of carbonyl (C=O) groups excluding carboxylic acids is 1. The van der Waals surface area contributed by atoms with Gasteiger partial charge in [-0.05, 0) is 26.0 Å². The predicted octanol–water partition coefficient (Wildman–Crippen LogP) is 3.13. The van der Waals surface area contributed by atoms with Gasteiger partial charge < -0.3 is 9.73 Å². The Kier molecular flexibility index (Phi) is 4.33. The Balaban J connectivity index is 1.57. The maximum absolute atomic E-state index is 11.9. The van der Waals surface area contributed by atoms with Crippen molar-refractivity contribution in [1.82, 2.24) is 20.3 Å². The Morgan fingerprint density at radius 2 is 2.22 bits per heavy atom. The van der Waals surface area contributed by atoms with E-state index in [0.717, 1.165) is 22.7 Å². The smallest absolute Gasteiger partial charge is 0.321 e. The maximum atomic E-state index is 11.9. The van der Waals surface area contributed by atoms with E-state index in [1.165, 1.54) is 11.3 Å². The van der Waals surface area contributed by atoms with Gasteiger partial charge in [0.2, 0.25) is 5.89 Å². The molecule has 0 atom stereocenters. The summed E-state index contributed by atoms with van der Waals surface area (Å²) in [6.07, 6.45) is 3.43. The fourth-order valence-corrected chi connectivity index (χ4v) is 2.60. The summed E-state index contributed by atoms with van der Waals surface area (Å²) in [4.78, 5) is 24.5. The van der Waals surface area contributed by atoms with E-state index in [4.69, 9.17) is 4.42 Å². The molecule has 3 aromatic heterocycles. The van der Waals surface area contributed by atoms with Crippen molar-refractivity contribution in [1.29, 1.82) is 0 Å². The highest BCUT2D eigenvalue weighted by Gasteiger charge is 2.10. The second-order valence-corrected chi connectivity index (χ2v) is 5.69. The van der Waals surface area contributed by atoms with E-state index in [1.54, 1.807) is 12.4 Å². The van der Waals surface area contributed by atoms with Gasteiger partial charge in [-0.1, -0.05) is 0 Å². The van der Waals surface area contributed by atoms with Gasteiger partial charge in [0, 0.05) is 23.3 Å². The number of aromatic nitrogens is 3. The van der Waals surface area contributed by atoms with Gasteiger partial charge >= 0.3 is 6.03 Å². The molecule has 3 heterocycles. The van der Waals surface area contributed by atoms with Crippen LogP contribution in [0.15, 0.2) is 34.3 Å². The summed E-state index contributed by atoms with van der Waals surface area (Å²) in [5, 5.41) is 7.76. The SMILES string of the molecule is Cc1nc(CNC(=O)Nc2nc(-c3cccnc3)cs2)oc1C. The number of rotatable bonds is 4. The third kappa shape index (κ3) is 3.72. The third-order valence-corrected chi connectivity index (χ3v) is 3.91. The summed E-state index contributed by atoms with van der Waals surface area (Å²) in [6.45, 7) is 3.92. The lowest BCUT2D eigenvalue weighted by Gasteiger charge is -2.02. The molecule has 0 fully saturated rings. The number of pyridine rings is 1. The van der Waals surface area contributed by atoms with Crippen LogP contribution in [0.3, 0.4) is 0 Å². The van der Waals surface area contributed by atoms with Crippen LogP contribution in [0.4, 0.5) is 9.93 Å². The molecule has 2 amide bonds. The topological polar surface area (TPSA) is 92.9 Å². The first-order valence-electron chi connectivity index (χ1n) is 6.95. The number of amides is 2. The van der Waals surface area contributed by atoms with E-state index in [1.807, 2.05) is 31.4 Å². The highest BCUT2D eigenvalue weighted by Crippen LogP contribution is 2.23. The molecule has 0 aromatic carbocycles. The minimum Gasteiger partial charge on any atom is -0.444 e. The minimum atomic E-state index is -0.356. The fourth-order valence-electron chi connectivity index (χ4n) is 1.89. The predicted molar refractivity (Wildman–Crippen MR) is 87.2 cm³/mol. The summed E-state index contributed by atoms with van der Waals surface area (Å²) in [7, 11) is 0. The fraction of sp³-hybridized carbons (Fsp3) is 0.200. The number of anilines is 1. The zero-order chi connectivity index (χ0) is 16.2. The molecule has 0 bridgehead atoms. The molecule has 3 rings (SSSR count). The average Bonchev–Trinajstić information content (AvgIpc) is 3.13. The highest BCUT2D eigenvalue weighted by molar-refractivity contribution is 7.14. The Hall–Kier alpha value is -2.74. The normalized spacial score (nSPS) is 10.5. The third-order valence-electron chi connectivity index (χ3n) is 3.15. The molecule has 0 spiro atoms. The Bertz CT molecular complexity index is 793. The molecule has 8 heteroatoms. The molecular weight excluding hydrogens is 314 g/mol. The van der Waals surface area contributed by atoms with Crippen molar-refractivity contribution in [2.24, 2.45) is 0 Å². The Morgan fingerprint density at radius 1 is 1.35 bits per heavy atom. The molecule has 118 valence electrons. The van der Waals surface area contributed by atoms with E-state index in [-0.39, 0.29) is 12.6 Å². The number of urea groups is 1. The molecule has 0 radical (unpaired) electrons. The van der Waals surface area contributed by atoms with Crippen LogP contribution in [0.1, 0.15) is 17.3 Å². The van der Waals surface area contributed by atoms with Crippen molar-refractivity contribution < 1.29 is 9.21 Å². The standard InChI is InChI=1S/C15H15N5O2S/c1-9-10(2)22-13(18-9)7-17-14(21)20-15-19-12(8-23-15)11-4-3-5-16-6-11/h3-6,8H,7H2,1-2H3,(H2,17,19,20,21). The van der Waals surface area contributed by atoms with Crippen LogP contribution in [-0.2, 0) is 6.54 Å². The summed E-state index contributed by atoms with van der Waals surface area (Å²) in [5.74, 6) is 1.23. The van der Waals surface area contributed by atoms with Crippen molar-refractivity contribution in [3.8, 4) is 11.3 Å². The van der Waals surface area contributed by atoms with E-state index in [0.29, 0.717) is 11.0 Å². The lowest BCUT2D eigenvalue weighted by Crippen LogP contribution is -2.28. The van der Waals surface area contributed by atoms with Gasteiger partial charge in [-0.25, -0.2) is 14.8 Å². The average molecular weight is 329 g/mol. The number of nitrogens with one attached hydrogen (secondary N) is 2. The van der Waals surface area contributed by atoms with Crippen LogP contribution in [0.2, 0.25) is 0 Å². The van der Waals surface area contributed by atoms with Crippen molar-refractivity contribution in [3.05, 3.63) is 47.3 Å². The number of hydrogen-bond donors (Lipinski definition) is 2. The lowest BCUT2D eigenvalue weighted by molar-refractivity contribution is 0.250. The van der Waals surface area contributed by atoms with Crippen LogP contribution in [0.25, 0.3) is 11.3 Å². The number of aryl methyl sites for hydroxylation is 2. The summed E-state index contributed by atoms with van der Waals surface area (Å²) in [5.41, 5.74) is 2.50. The van der Waals surface area contributed by atoms with E-state index < -0.39 is 0 Å². The first-order chi connectivity index (χ1) is 11.1. The first-order valence-corrected chi connectivity index (χ1v) is 7.83. The Labute approximate surface area is 136 Å². The van der Waals surface area contributed by atoms with Gasteiger partial charge in [0.15, 0.2) is 5.13 Å². The molecule has 0 saturated carbocycles. The second-order valence-electron chi connectivity index (χ2n) is 4.84. The number of hydrogen-bond acceptors (Lipinski definition) is 6.